The van der Waals surface area contributed by atoms with Crippen LogP contribution in [0.5, 0.6) is 0 Å². The average Bonchev–Trinajstić information content (AvgIpc) is 2.71. The van der Waals surface area contributed by atoms with Gasteiger partial charge in [-0.3, -0.25) is 4.68 Å². The third-order valence-electron chi connectivity index (χ3n) is 3.02. The van der Waals surface area contributed by atoms with E-state index in [1.807, 2.05) is 24.3 Å². The number of aromatic nitrogens is 2. The van der Waals surface area contributed by atoms with Crippen molar-refractivity contribution in [2.75, 3.05) is 5.73 Å². The highest BCUT2D eigenvalue weighted by molar-refractivity contribution is 6.31. The maximum absolute atomic E-state index is 13.0. The van der Waals surface area contributed by atoms with Crippen LogP contribution in [0.3, 0.4) is 0 Å². The van der Waals surface area contributed by atoms with E-state index < -0.39 is 0 Å². The summed E-state index contributed by atoms with van der Waals surface area (Å²) in [4.78, 5) is 0. The number of hydrogen-bond donors (Lipinski definition) is 1. The van der Waals surface area contributed by atoms with Gasteiger partial charge < -0.3 is 5.73 Å². The number of anilines is 1. The number of nitrogens with zero attached hydrogens (tertiary/aromatic N) is 2. The lowest BCUT2D eigenvalue weighted by Gasteiger charge is -2.06. The molecule has 2 aromatic carbocycles. The lowest BCUT2D eigenvalue weighted by Crippen LogP contribution is -2.03. The number of nitrogens with two attached hydrogens (primary N) is 1. The fourth-order valence-electron chi connectivity index (χ4n) is 2.08. The molecule has 0 aliphatic rings. The van der Waals surface area contributed by atoms with Gasteiger partial charge in [-0.05, 0) is 29.8 Å². The highest BCUT2D eigenvalue weighted by Gasteiger charge is 2.09. The van der Waals surface area contributed by atoms with Crippen molar-refractivity contribution in [1.29, 1.82) is 0 Å². The number of fused-ring (bicyclic) bond motifs is 1. The Labute approximate surface area is 114 Å². The second-order valence-corrected chi connectivity index (χ2v) is 4.70. The van der Waals surface area contributed by atoms with Crippen LogP contribution in [0, 0.1) is 5.82 Å². The van der Waals surface area contributed by atoms with Crippen molar-refractivity contribution in [3.8, 4) is 0 Å². The summed E-state index contributed by atoms with van der Waals surface area (Å²) in [6.07, 6.45) is 0. The van der Waals surface area contributed by atoms with Crippen LogP contribution >= 0.6 is 11.6 Å². The molecule has 5 heteroatoms. The van der Waals surface area contributed by atoms with Gasteiger partial charge in [-0.25, -0.2) is 4.39 Å². The Bertz CT molecular complexity index is 752. The molecule has 0 fully saturated rings. The SMILES string of the molecule is Nc1nn(Cc2ccc(F)cc2Cl)c2ccccc12. The zero-order valence-electron chi connectivity index (χ0n) is 9.98. The van der Waals surface area contributed by atoms with E-state index in [-0.39, 0.29) is 5.82 Å². The standard InChI is InChI=1S/C14H11ClFN3/c15-12-7-10(16)6-5-9(12)8-19-13-4-2-1-3-11(13)14(17)18-19/h1-7H,8H2,(H2,17,18). The summed E-state index contributed by atoms with van der Waals surface area (Å²) in [5.41, 5.74) is 7.60. The summed E-state index contributed by atoms with van der Waals surface area (Å²) in [6, 6.07) is 12.0. The zero-order chi connectivity index (χ0) is 13.4. The van der Waals surface area contributed by atoms with Gasteiger partial charge in [0.2, 0.25) is 0 Å². The number of halogens is 2. The van der Waals surface area contributed by atoms with Crippen molar-refractivity contribution in [2.24, 2.45) is 0 Å². The average molecular weight is 276 g/mol. The van der Waals surface area contributed by atoms with Gasteiger partial charge in [0, 0.05) is 10.4 Å². The fraction of sp³-hybridized carbons (Fsp3) is 0.0714. The fourth-order valence-corrected chi connectivity index (χ4v) is 2.31. The van der Waals surface area contributed by atoms with E-state index >= 15 is 0 Å². The van der Waals surface area contributed by atoms with Crippen LogP contribution in [-0.2, 0) is 6.54 Å². The predicted molar refractivity (Wildman–Crippen MR) is 74.7 cm³/mol. The van der Waals surface area contributed by atoms with Crippen molar-refractivity contribution in [1.82, 2.24) is 9.78 Å². The molecule has 3 aromatic rings. The van der Waals surface area contributed by atoms with Crippen LogP contribution in [0.2, 0.25) is 5.02 Å². The predicted octanol–water partition coefficient (Wildman–Crippen LogP) is 3.46. The molecule has 1 heterocycles. The van der Waals surface area contributed by atoms with Crippen LogP contribution in [0.1, 0.15) is 5.56 Å². The molecule has 96 valence electrons. The van der Waals surface area contributed by atoms with Crippen LogP contribution in [0.15, 0.2) is 42.5 Å². The quantitative estimate of drug-likeness (QED) is 0.778. The van der Waals surface area contributed by atoms with E-state index in [0.29, 0.717) is 17.4 Å². The Morgan fingerprint density at radius 2 is 2.00 bits per heavy atom. The van der Waals surface area contributed by atoms with Gasteiger partial charge in [0.05, 0.1) is 12.1 Å². The van der Waals surface area contributed by atoms with Crippen molar-refractivity contribution in [3.05, 3.63) is 58.9 Å². The lowest BCUT2D eigenvalue weighted by atomic mass is 10.2. The summed E-state index contributed by atoms with van der Waals surface area (Å²) < 4.78 is 14.8. The monoisotopic (exact) mass is 275 g/mol. The Balaban J connectivity index is 2.06. The number of hydrogen-bond acceptors (Lipinski definition) is 2. The lowest BCUT2D eigenvalue weighted by molar-refractivity contribution is 0.625. The largest absolute Gasteiger partial charge is 0.382 e. The van der Waals surface area contributed by atoms with E-state index in [1.165, 1.54) is 12.1 Å². The molecule has 0 unspecified atom stereocenters. The molecule has 0 atom stereocenters. The first kappa shape index (κ1) is 12.0. The van der Waals surface area contributed by atoms with Crippen molar-refractivity contribution < 1.29 is 4.39 Å². The van der Waals surface area contributed by atoms with Gasteiger partial charge >= 0.3 is 0 Å². The molecular weight excluding hydrogens is 265 g/mol. The molecule has 3 nitrogen and oxygen atoms in total. The second-order valence-electron chi connectivity index (χ2n) is 4.30. The van der Waals surface area contributed by atoms with Gasteiger partial charge in [-0.1, -0.05) is 29.8 Å². The molecule has 1 aromatic heterocycles. The molecule has 0 radical (unpaired) electrons. The van der Waals surface area contributed by atoms with Crippen LogP contribution in [-0.4, -0.2) is 9.78 Å². The van der Waals surface area contributed by atoms with Crippen molar-refractivity contribution >= 4 is 28.3 Å². The third-order valence-corrected chi connectivity index (χ3v) is 3.37. The number of benzene rings is 2. The molecule has 19 heavy (non-hydrogen) atoms. The van der Waals surface area contributed by atoms with Gasteiger partial charge in [-0.15, -0.1) is 0 Å². The molecule has 0 bridgehead atoms. The Morgan fingerprint density at radius 1 is 1.21 bits per heavy atom. The molecule has 3 rings (SSSR count). The first-order valence-corrected chi connectivity index (χ1v) is 6.18. The minimum atomic E-state index is -0.349. The maximum Gasteiger partial charge on any atom is 0.153 e. The molecule has 0 saturated carbocycles. The summed E-state index contributed by atoms with van der Waals surface area (Å²) in [7, 11) is 0. The summed E-state index contributed by atoms with van der Waals surface area (Å²) >= 11 is 6.03. The van der Waals surface area contributed by atoms with Crippen LogP contribution < -0.4 is 5.73 Å². The smallest absolute Gasteiger partial charge is 0.153 e. The van der Waals surface area contributed by atoms with Crippen LogP contribution in [0.25, 0.3) is 10.9 Å². The van der Waals surface area contributed by atoms with Gasteiger partial charge in [0.1, 0.15) is 5.82 Å². The topological polar surface area (TPSA) is 43.8 Å². The summed E-state index contributed by atoms with van der Waals surface area (Å²) in [5, 5.41) is 5.58. The molecule has 0 saturated heterocycles. The Morgan fingerprint density at radius 3 is 2.79 bits per heavy atom. The maximum atomic E-state index is 13.0. The third kappa shape index (κ3) is 2.15. The second kappa shape index (κ2) is 4.55. The van der Waals surface area contributed by atoms with Crippen molar-refractivity contribution in [3.63, 3.8) is 0 Å². The number of para-hydroxylation sites is 1. The molecule has 0 spiro atoms. The van der Waals surface area contributed by atoms with Gasteiger partial charge in [0.15, 0.2) is 5.82 Å². The van der Waals surface area contributed by atoms with E-state index in [9.17, 15) is 4.39 Å². The highest BCUT2D eigenvalue weighted by Crippen LogP contribution is 2.23. The summed E-state index contributed by atoms with van der Waals surface area (Å²) in [6.45, 7) is 0.455. The Hall–Kier alpha value is -2.07. The van der Waals surface area contributed by atoms with Crippen molar-refractivity contribution in [2.45, 2.75) is 6.54 Å². The minimum Gasteiger partial charge on any atom is -0.382 e. The van der Waals surface area contributed by atoms with E-state index in [1.54, 1.807) is 10.7 Å². The van der Waals surface area contributed by atoms with Gasteiger partial charge in [-0.2, -0.15) is 5.10 Å². The molecular formula is C14H11ClFN3. The number of nitrogen functional groups attached to an aromatic ring is 1. The number of rotatable bonds is 2. The first-order chi connectivity index (χ1) is 9.15. The molecule has 0 amide bonds. The zero-order valence-corrected chi connectivity index (χ0v) is 10.7. The highest BCUT2D eigenvalue weighted by atomic mass is 35.5. The minimum absolute atomic E-state index is 0.349. The van der Waals surface area contributed by atoms with E-state index in [4.69, 9.17) is 17.3 Å². The Kier molecular flexibility index (Phi) is 2.87. The van der Waals surface area contributed by atoms with E-state index in [2.05, 4.69) is 5.10 Å². The van der Waals surface area contributed by atoms with Gasteiger partial charge in [0.25, 0.3) is 0 Å². The van der Waals surface area contributed by atoms with E-state index in [0.717, 1.165) is 16.5 Å². The normalized spacial score (nSPS) is 11.1. The van der Waals surface area contributed by atoms with Crippen LogP contribution in [0.4, 0.5) is 10.2 Å². The summed E-state index contributed by atoms with van der Waals surface area (Å²) in [5.74, 6) is 0.132. The first-order valence-electron chi connectivity index (χ1n) is 5.80. The molecule has 0 aliphatic carbocycles. The molecule has 2 N–H and O–H groups in total. The molecule has 0 aliphatic heterocycles.